The first-order valence-electron chi connectivity index (χ1n) is 10.7. The molecule has 1 aliphatic heterocycles. The van der Waals surface area contributed by atoms with Crippen molar-refractivity contribution in [1.82, 2.24) is 15.2 Å². The lowest BCUT2D eigenvalue weighted by Crippen LogP contribution is -2.45. The standard InChI is InChI=1S/C25H30N4O/c1-18(2)23-16-21(20-9-5-6-10-22(20)27-23)25(30)26-17-19-8-4-7-11-24(19)29-14-12-28(3)13-15-29/h4-11,16,18H,12-15,17H2,1-3H3,(H,26,30). The van der Waals surface area contributed by atoms with E-state index in [0.29, 0.717) is 12.1 Å². The lowest BCUT2D eigenvalue weighted by atomic mass is 10.0. The molecule has 1 amide bonds. The Morgan fingerprint density at radius 3 is 2.50 bits per heavy atom. The highest BCUT2D eigenvalue weighted by atomic mass is 16.1. The predicted octanol–water partition coefficient (Wildman–Crippen LogP) is 4.04. The van der Waals surface area contributed by atoms with Gasteiger partial charge in [-0.3, -0.25) is 9.78 Å². The molecule has 0 aliphatic carbocycles. The minimum atomic E-state index is -0.0521. The quantitative estimate of drug-likeness (QED) is 0.700. The van der Waals surface area contributed by atoms with Crippen LogP contribution < -0.4 is 10.2 Å². The number of carbonyl (C=O) groups excluding carboxylic acids is 1. The number of rotatable bonds is 5. The number of anilines is 1. The second kappa shape index (κ2) is 8.84. The number of piperazine rings is 1. The molecule has 30 heavy (non-hydrogen) atoms. The van der Waals surface area contributed by atoms with Crippen molar-refractivity contribution in [3.63, 3.8) is 0 Å². The third kappa shape index (κ3) is 4.31. The second-order valence-corrected chi connectivity index (χ2v) is 8.37. The molecule has 1 saturated heterocycles. The molecule has 0 radical (unpaired) electrons. The van der Waals surface area contributed by atoms with Crippen molar-refractivity contribution in [2.24, 2.45) is 0 Å². The molecule has 1 N–H and O–H groups in total. The average Bonchev–Trinajstić information content (AvgIpc) is 2.77. The Labute approximate surface area is 178 Å². The van der Waals surface area contributed by atoms with Gasteiger partial charge in [0, 0.05) is 49.5 Å². The molecule has 5 nitrogen and oxygen atoms in total. The van der Waals surface area contributed by atoms with E-state index in [-0.39, 0.29) is 11.8 Å². The highest BCUT2D eigenvalue weighted by molar-refractivity contribution is 6.06. The van der Waals surface area contributed by atoms with Crippen LogP contribution in [0.3, 0.4) is 0 Å². The molecule has 0 bridgehead atoms. The summed E-state index contributed by atoms with van der Waals surface area (Å²) < 4.78 is 0. The van der Waals surface area contributed by atoms with Crippen LogP contribution in [0.4, 0.5) is 5.69 Å². The fraction of sp³-hybridized carbons (Fsp3) is 0.360. The summed E-state index contributed by atoms with van der Waals surface area (Å²) >= 11 is 0. The maximum Gasteiger partial charge on any atom is 0.252 e. The Balaban J connectivity index is 1.56. The minimum absolute atomic E-state index is 0.0521. The number of para-hydroxylation sites is 2. The van der Waals surface area contributed by atoms with E-state index in [4.69, 9.17) is 4.98 Å². The third-order valence-electron chi connectivity index (χ3n) is 5.85. The zero-order chi connectivity index (χ0) is 21.1. The van der Waals surface area contributed by atoms with Gasteiger partial charge in [-0.2, -0.15) is 0 Å². The van der Waals surface area contributed by atoms with Crippen molar-refractivity contribution >= 4 is 22.5 Å². The zero-order valence-electron chi connectivity index (χ0n) is 18.1. The van der Waals surface area contributed by atoms with Crippen LogP contribution in [0, 0.1) is 0 Å². The fourth-order valence-electron chi connectivity index (χ4n) is 3.97. The molecule has 1 fully saturated rings. The summed E-state index contributed by atoms with van der Waals surface area (Å²) in [4.78, 5) is 22.7. The largest absolute Gasteiger partial charge is 0.369 e. The lowest BCUT2D eigenvalue weighted by molar-refractivity contribution is 0.0952. The minimum Gasteiger partial charge on any atom is -0.369 e. The van der Waals surface area contributed by atoms with Crippen molar-refractivity contribution in [2.45, 2.75) is 26.3 Å². The van der Waals surface area contributed by atoms with Gasteiger partial charge in [-0.05, 0) is 36.7 Å². The molecule has 0 unspecified atom stereocenters. The van der Waals surface area contributed by atoms with Crippen molar-refractivity contribution in [1.29, 1.82) is 0 Å². The van der Waals surface area contributed by atoms with E-state index < -0.39 is 0 Å². The van der Waals surface area contributed by atoms with E-state index in [0.717, 1.165) is 48.3 Å². The lowest BCUT2D eigenvalue weighted by Gasteiger charge is -2.35. The van der Waals surface area contributed by atoms with Gasteiger partial charge in [-0.25, -0.2) is 0 Å². The maximum absolute atomic E-state index is 13.2. The Morgan fingerprint density at radius 2 is 1.73 bits per heavy atom. The number of hydrogen-bond acceptors (Lipinski definition) is 4. The SMILES string of the molecule is CC(C)c1cc(C(=O)NCc2ccccc2N2CCN(C)CC2)c2ccccc2n1. The number of hydrogen-bond donors (Lipinski definition) is 1. The van der Waals surface area contributed by atoms with Crippen LogP contribution in [-0.4, -0.2) is 49.0 Å². The van der Waals surface area contributed by atoms with Gasteiger partial charge in [0.1, 0.15) is 0 Å². The Kier molecular flexibility index (Phi) is 6.00. The van der Waals surface area contributed by atoms with Crippen LogP contribution in [0.25, 0.3) is 10.9 Å². The number of fused-ring (bicyclic) bond motifs is 1. The molecule has 2 aromatic carbocycles. The summed E-state index contributed by atoms with van der Waals surface area (Å²) in [6.45, 7) is 8.84. The predicted molar refractivity (Wildman–Crippen MR) is 123 cm³/mol. The third-order valence-corrected chi connectivity index (χ3v) is 5.85. The van der Waals surface area contributed by atoms with Crippen LogP contribution in [0.15, 0.2) is 54.6 Å². The molecular weight excluding hydrogens is 372 g/mol. The van der Waals surface area contributed by atoms with Crippen molar-refractivity contribution in [2.75, 3.05) is 38.1 Å². The zero-order valence-corrected chi connectivity index (χ0v) is 18.1. The van der Waals surface area contributed by atoms with Crippen molar-refractivity contribution < 1.29 is 4.79 Å². The number of nitrogens with one attached hydrogen (secondary N) is 1. The number of likely N-dealkylation sites (N-methyl/N-ethyl adjacent to an activating group) is 1. The molecule has 156 valence electrons. The fourth-order valence-corrected chi connectivity index (χ4v) is 3.97. The van der Waals surface area contributed by atoms with Gasteiger partial charge in [0.05, 0.1) is 11.1 Å². The Bertz CT molecular complexity index is 1040. The molecule has 0 saturated carbocycles. The van der Waals surface area contributed by atoms with Gasteiger partial charge in [0.25, 0.3) is 5.91 Å². The summed E-state index contributed by atoms with van der Waals surface area (Å²) in [5, 5.41) is 4.05. The molecule has 0 atom stereocenters. The summed E-state index contributed by atoms with van der Waals surface area (Å²) in [5.41, 5.74) is 4.87. The maximum atomic E-state index is 13.2. The molecule has 4 rings (SSSR count). The second-order valence-electron chi connectivity index (χ2n) is 8.37. The van der Waals surface area contributed by atoms with Crippen LogP contribution in [0.5, 0.6) is 0 Å². The van der Waals surface area contributed by atoms with Gasteiger partial charge in [-0.1, -0.05) is 50.2 Å². The van der Waals surface area contributed by atoms with Crippen LogP contribution in [0.1, 0.15) is 41.4 Å². The van der Waals surface area contributed by atoms with Gasteiger partial charge < -0.3 is 15.1 Å². The van der Waals surface area contributed by atoms with Crippen molar-refractivity contribution in [3.05, 3.63) is 71.4 Å². The highest BCUT2D eigenvalue weighted by Crippen LogP contribution is 2.24. The van der Waals surface area contributed by atoms with E-state index in [1.807, 2.05) is 36.4 Å². The molecule has 2 heterocycles. The van der Waals surface area contributed by atoms with E-state index in [1.165, 1.54) is 5.69 Å². The van der Waals surface area contributed by atoms with E-state index in [9.17, 15) is 4.79 Å². The monoisotopic (exact) mass is 402 g/mol. The van der Waals surface area contributed by atoms with Crippen LogP contribution in [-0.2, 0) is 6.54 Å². The molecular formula is C25H30N4O. The Morgan fingerprint density at radius 1 is 1.03 bits per heavy atom. The summed E-state index contributed by atoms with van der Waals surface area (Å²) in [7, 11) is 2.16. The summed E-state index contributed by atoms with van der Waals surface area (Å²) in [5.74, 6) is 0.211. The number of carbonyl (C=O) groups is 1. The molecule has 1 aliphatic rings. The first-order valence-corrected chi connectivity index (χ1v) is 10.7. The first-order chi connectivity index (χ1) is 14.5. The summed E-state index contributed by atoms with van der Waals surface area (Å²) in [6, 6.07) is 18.2. The Hall–Kier alpha value is -2.92. The van der Waals surface area contributed by atoms with Gasteiger partial charge in [0.15, 0.2) is 0 Å². The van der Waals surface area contributed by atoms with Crippen molar-refractivity contribution in [3.8, 4) is 0 Å². The topological polar surface area (TPSA) is 48.5 Å². The van der Waals surface area contributed by atoms with E-state index in [2.05, 4.69) is 54.2 Å². The van der Waals surface area contributed by atoms with E-state index >= 15 is 0 Å². The number of aromatic nitrogens is 1. The van der Waals surface area contributed by atoms with Gasteiger partial charge in [0.2, 0.25) is 0 Å². The highest BCUT2D eigenvalue weighted by Gasteiger charge is 2.18. The molecule has 3 aromatic rings. The normalized spacial score (nSPS) is 15.0. The van der Waals surface area contributed by atoms with Gasteiger partial charge in [-0.15, -0.1) is 0 Å². The number of benzene rings is 2. The number of amides is 1. The number of pyridine rings is 1. The molecule has 1 aromatic heterocycles. The number of nitrogens with zero attached hydrogens (tertiary/aromatic N) is 3. The summed E-state index contributed by atoms with van der Waals surface area (Å²) in [6.07, 6.45) is 0. The van der Waals surface area contributed by atoms with Crippen LogP contribution >= 0.6 is 0 Å². The van der Waals surface area contributed by atoms with Gasteiger partial charge >= 0.3 is 0 Å². The first kappa shape index (κ1) is 20.4. The van der Waals surface area contributed by atoms with E-state index in [1.54, 1.807) is 0 Å². The van der Waals surface area contributed by atoms with Crippen LogP contribution in [0.2, 0.25) is 0 Å². The molecule has 5 heteroatoms. The molecule has 0 spiro atoms. The smallest absolute Gasteiger partial charge is 0.252 e. The average molecular weight is 403 g/mol.